The van der Waals surface area contributed by atoms with Gasteiger partial charge in [0, 0.05) is 78.7 Å². The van der Waals surface area contributed by atoms with Gasteiger partial charge in [-0.3, -0.25) is 0 Å². The van der Waals surface area contributed by atoms with Gasteiger partial charge in [-0.1, -0.05) is 228 Å². The average molecular weight is 1330 g/mol. The third kappa shape index (κ3) is 11.6. The summed E-state index contributed by atoms with van der Waals surface area (Å²) in [4.78, 5) is 0. The molecule has 9 atom stereocenters. The third-order valence-electron chi connectivity index (χ3n) is 21.7. The number of rotatable bonds is 0. The number of hydrogen-bond acceptors (Lipinski definition) is 0. The zero-order valence-corrected chi connectivity index (χ0v) is 66.5. The van der Waals surface area contributed by atoms with Crippen LogP contribution in [0.25, 0.3) is 33.9 Å². The van der Waals surface area contributed by atoms with Crippen molar-refractivity contribution in [1.29, 1.82) is 0 Å². The Kier molecular flexibility index (Phi) is 28.5. The van der Waals surface area contributed by atoms with Gasteiger partial charge in [-0.05, 0) is 110 Å². The monoisotopic (exact) mass is 1330 g/mol. The highest BCUT2D eigenvalue weighted by Crippen LogP contribution is 2.61. The number of hydrogen-bond donors (Lipinski definition) is 0. The lowest BCUT2D eigenvalue weighted by atomic mass is 9.78. The van der Waals surface area contributed by atoms with Crippen LogP contribution in [0, 0.1) is 17.8 Å². The molecule has 3 aromatic carbocycles. The summed E-state index contributed by atoms with van der Waals surface area (Å²) in [6, 6.07) is 64.5. The fourth-order valence-corrected chi connectivity index (χ4v) is 19.9. The standard InChI is InChI=1S/3C23H20N2.12C2H6/c1-2-13-24-20(11-1)18-9-3-6-15-14-16-7-4-12-21-17-8-5-10-19(17)23(24,22(15)18)25(16)21;1-2-13-24-20(11-1)21-12-4-7-16-14-15-6-3-9-18-17-8-5-10-19(17)23(24,22(15)18)25(16)21;1-2-10-19-17(8-1)21-12-3-6-15-14-16-7-4-13-22-18-9-5-11-20(18)23(19,24(15)21)25(16)22;12*1-2/h2*1-4,6-7,9,11-13,17,19H,5,8,10,14H2;1-4,6-8,10,12-13,18,20H,5,9,11,14H2;12*1-2H3/q3*+2;;;;;;;;;;;;. The van der Waals surface area contributed by atoms with Crippen LogP contribution >= 0.6 is 0 Å². The second kappa shape index (κ2) is 35.7. The van der Waals surface area contributed by atoms with Crippen LogP contribution in [0.2, 0.25) is 0 Å². The van der Waals surface area contributed by atoms with Crippen LogP contribution < -0.4 is 27.4 Å². The molecular weight excluding hydrogens is 1200 g/mol. The van der Waals surface area contributed by atoms with Gasteiger partial charge in [-0.15, -0.1) is 27.4 Å². The molecule has 6 nitrogen and oxygen atoms in total. The summed E-state index contributed by atoms with van der Waals surface area (Å²) in [5, 5.41) is 0. The summed E-state index contributed by atoms with van der Waals surface area (Å²) < 4.78 is 16.1. The Morgan fingerprint density at radius 1 is 0.273 bits per heavy atom. The highest BCUT2D eigenvalue weighted by Gasteiger charge is 2.78. The minimum Gasteiger partial charge on any atom is -0.131 e. The molecule has 8 aliphatic heterocycles. The van der Waals surface area contributed by atoms with Crippen molar-refractivity contribution < 1.29 is 27.4 Å². The van der Waals surface area contributed by atoms with E-state index in [9.17, 15) is 0 Å². The van der Waals surface area contributed by atoms with Crippen molar-refractivity contribution >= 4 is 0 Å². The van der Waals surface area contributed by atoms with Gasteiger partial charge in [-0.2, -0.15) is 0 Å². The second-order valence-electron chi connectivity index (χ2n) is 24.3. The van der Waals surface area contributed by atoms with Crippen molar-refractivity contribution in [3.8, 4) is 33.9 Å². The molecule has 0 saturated heterocycles. The maximum atomic E-state index is 2.74. The second-order valence-corrected chi connectivity index (χ2v) is 24.3. The molecular formula is C93H132N6+6. The van der Waals surface area contributed by atoms with Gasteiger partial charge in [0.05, 0.1) is 35.8 Å². The predicted molar refractivity (Wildman–Crippen MR) is 418 cm³/mol. The van der Waals surface area contributed by atoms with Crippen LogP contribution in [-0.4, -0.2) is 0 Å². The first-order valence-electron chi connectivity index (χ1n) is 40.8. The molecule has 0 bridgehead atoms. The molecule has 6 heteroatoms. The number of pyridine rings is 6. The van der Waals surface area contributed by atoms with Crippen molar-refractivity contribution in [1.82, 2.24) is 0 Å². The Balaban J connectivity index is 0.000000181. The van der Waals surface area contributed by atoms with Crippen molar-refractivity contribution in [3.63, 3.8) is 0 Å². The van der Waals surface area contributed by atoms with E-state index >= 15 is 0 Å². The Hall–Kier alpha value is -7.44. The lowest BCUT2D eigenvalue weighted by molar-refractivity contribution is -0.988. The molecule has 0 N–H and O–H groups in total. The van der Waals surface area contributed by atoms with Crippen molar-refractivity contribution in [2.45, 2.75) is 278 Å². The van der Waals surface area contributed by atoms with E-state index in [1.165, 1.54) is 126 Å². The summed E-state index contributed by atoms with van der Waals surface area (Å²) in [6.45, 7) is 48.0. The van der Waals surface area contributed by atoms with Gasteiger partial charge >= 0.3 is 17.0 Å². The van der Waals surface area contributed by atoms with Crippen LogP contribution in [0.15, 0.2) is 182 Å². The van der Waals surface area contributed by atoms with Crippen LogP contribution in [0.1, 0.15) is 309 Å². The lowest BCUT2D eigenvalue weighted by Gasteiger charge is -2.27. The van der Waals surface area contributed by atoms with Gasteiger partial charge in [-0.25, -0.2) is 0 Å². The van der Waals surface area contributed by atoms with Crippen LogP contribution in [-0.2, 0) is 36.3 Å². The topological polar surface area (TPSA) is 23.3 Å². The zero-order chi connectivity index (χ0) is 72.5. The SMILES string of the molecule is CC.CC.CC.CC.CC.CC.CC.CC.CC.CC.CC.CC.c1cc2c3c(c1)-c1cccc[n+]1C31C3CCCC3c3cccc([n+]31)C2.c1cc2c3c(c1)C1CCCC1C31[n+]3ccccc3-c3cccc([n+]31)C2.c1ccc2c(c1)-c1cccc3[n+]1C21C2CCCC2c2cccc([n+]21)C3. The lowest BCUT2D eigenvalue weighted by Crippen LogP contribution is -2.78. The Labute approximate surface area is 603 Å². The molecule has 6 aromatic heterocycles. The average Bonchev–Trinajstić information content (AvgIpc) is 1.51. The van der Waals surface area contributed by atoms with E-state index in [0.29, 0.717) is 29.6 Å². The van der Waals surface area contributed by atoms with Gasteiger partial charge in [0.25, 0.3) is 11.4 Å². The van der Waals surface area contributed by atoms with E-state index in [1.807, 2.05) is 166 Å². The summed E-state index contributed by atoms with van der Waals surface area (Å²) in [6.07, 6.45) is 20.0. The number of nitrogens with zero attached hydrogens (tertiary/aromatic N) is 6. The summed E-state index contributed by atoms with van der Waals surface area (Å²) >= 11 is 0. The van der Waals surface area contributed by atoms with Crippen molar-refractivity contribution in [3.05, 3.63) is 250 Å². The molecule has 0 amide bonds. The molecule has 14 heterocycles. The Morgan fingerprint density at radius 2 is 0.646 bits per heavy atom. The molecule has 99 heavy (non-hydrogen) atoms. The largest absolute Gasteiger partial charge is 0.393 e. The zero-order valence-electron chi connectivity index (χ0n) is 66.5. The van der Waals surface area contributed by atoms with E-state index in [4.69, 9.17) is 0 Å². The molecule has 528 valence electrons. The molecule has 21 rings (SSSR count). The smallest absolute Gasteiger partial charge is 0.131 e. The first-order chi connectivity index (χ1) is 49.2. The van der Waals surface area contributed by atoms with E-state index in [-0.39, 0.29) is 17.0 Å². The molecule has 12 aliphatic rings. The highest BCUT2D eigenvalue weighted by molar-refractivity contribution is 5.69. The van der Waals surface area contributed by atoms with E-state index in [1.54, 1.807) is 33.6 Å². The molecule has 3 fully saturated rings. The van der Waals surface area contributed by atoms with Gasteiger partial charge in [0.15, 0.2) is 46.6 Å². The van der Waals surface area contributed by atoms with Crippen molar-refractivity contribution in [2.75, 3.05) is 0 Å². The number of aromatic nitrogens is 6. The molecule has 3 spiro atoms. The van der Waals surface area contributed by atoms with Gasteiger partial charge in [0.2, 0.25) is 11.4 Å². The first kappa shape index (κ1) is 78.9. The summed E-state index contributed by atoms with van der Waals surface area (Å²) in [7, 11) is 0. The first-order valence-corrected chi connectivity index (χ1v) is 40.8. The van der Waals surface area contributed by atoms with E-state index in [2.05, 4.69) is 210 Å². The van der Waals surface area contributed by atoms with Crippen molar-refractivity contribution in [2.24, 2.45) is 17.8 Å². The number of fused-ring (bicyclic) bond motifs is 12. The Morgan fingerprint density at radius 3 is 1.22 bits per heavy atom. The van der Waals surface area contributed by atoms with Crippen LogP contribution in [0.4, 0.5) is 0 Å². The summed E-state index contributed by atoms with van der Waals surface area (Å²) in [5.74, 6) is 4.18. The van der Waals surface area contributed by atoms with Gasteiger partial charge in [0.1, 0.15) is 40.9 Å². The normalized spacial score (nSPS) is 22.8. The fourth-order valence-electron chi connectivity index (χ4n) is 19.9. The highest BCUT2D eigenvalue weighted by atomic mass is 15.4. The maximum Gasteiger partial charge on any atom is 0.393 e. The Bertz CT molecular complexity index is 3670. The fraction of sp³-hybridized carbons (Fsp3) is 0.484. The third-order valence-corrected chi connectivity index (χ3v) is 21.7. The van der Waals surface area contributed by atoms with Crippen LogP contribution in [0.5, 0.6) is 0 Å². The van der Waals surface area contributed by atoms with E-state index < -0.39 is 0 Å². The molecule has 9 aromatic rings. The molecule has 9 unspecified atom stereocenters. The quantitative estimate of drug-likeness (QED) is 0.135. The number of benzene rings is 3. The summed E-state index contributed by atoms with van der Waals surface area (Å²) in [5.41, 5.74) is 26.9. The molecule has 0 radical (unpaired) electrons. The van der Waals surface area contributed by atoms with Crippen LogP contribution in [0.3, 0.4) is 0 Å². The predicted octanol–water partition coefficient (Wildman–Crippen LogP) is 22.2. The molecule has 4 aliphatic carbocycles. The minimum atomic E-state index is -0.0200. The van der Waals surface area contributed by atoms with Gasteiger partial charge < -0.3 is 0 Å². The minimum absolute atomic E-state index is 0.0200. The van der Waals surface area contributed by atoms with E-state index in [0.717, 1.165) is 25.2 Å². The maximum absolute atomic E-state index is 2.74. The molecule has 3 saturated carbocycles.